The summed E-state index contributed by atoms with van der Waals surface area (Å²) in [6, 6.07) is 3.71. The number of hydrogen-bond donors (Lipinski definition) is 0. The summed E-state index contributed by atoms with van der Waals surface area (Å²) in [6.07, 6.45) is 5.63. The van der Waals surface area contributed by atoms with Gasteiger partial charge in [0, 0.05) is 19.3 Å². The third-order valence-electron chi connectivity index (χ3n) is 3.67. The Kier molecular flexibility index (Phi) is 4.77. The van der Waals surface area contributed by atoms with Crippen LogP contribution in [0, 0.1) is 5.92 Å². The van der Waals surface area contributed by atoms with Gasteiger partial charge in [0.2, 0.25) is 0 Å². The molecule has 0 amide bonds. The number of esters is 1. The molecule has 1 aromatic rings. The molecule has 0 spiro atoms. The van der Waals surface area contributed by atoms with Crippen molar-refractivity contribution in [2.75, 3.05) is 24.6 Å². The van der Waals surface area contributed by atoms with Crippen molar-refractivity contribution in [1.29, 1.82) is 0 Å². The Morgan fingerprint density at radius 2 is 2.21 bits per heavy atom. The molecule has 4 heteroatoms. The fourth-order valence-electron chi connectivity index (χ4n) is 2.28. The van der Waals surface area contributed by atoms with Gasteiger partial charge in [-0.05, 0) is 44.7 Å². The molecule has 0 aliphatic heterocycles. The quantitative estimate of drug-likeness (QED) is 0.739. The number of rotatable bonds is 6. The Morgan fingerprint density at radius 1 is 1.42 bits per heavy atom. The van der Waals surface area contributed by atoms with Crippen LogP contribution in [0.25, 0.3) is 0 Å². The molecule has 0 atom stereocenters. The lowest BCUT2D eigenvalue weighted by atomic mass is 9.85. The highest BCUT2D eigenvalue weighted by Crippen LogP contribution is 2.28. The van der Waals surface area contributed by atoms with Crippen LogP contribution in [0.4, 0.5) is 5.82 Å². The zero-order valence-electron chi connectivity index (χ0n) is 11.8. The molecule has 0 saturated heterocycles. The third-order valence-corrected chi connectivity index (χ3v) is 3.67. The Bertz CT molecular complexity index is 413. The van der Waals surface area contributed by atoms with Gasteiger partial charge in [0.05, 0.1) is 12.2 Å². The van der Waals surface area contributed by atoms with Crippen molar-refractivity contribution < 1.29 is 9.53 Å². The zero-order chi connectivity index (χ0) is 13.7. The lowest BCUT2D eigenvalue weighted by Gasteiger charge is -2.32. The van der Waals surface area contributed by atoms with Gasteiger partial charge >= 0.3 is 5.97 Å². The van der Waals surface area contributed by atoms with Crippen molar-refractivity contribution in [2.24, 2.45) is 5.92 Å². The molecule has 0 N–H and O–H groups in total. The number of ether oxygens (including phenoxy) is 1. The van der Waals surface area contributed by atoms with Gasteiger partial charge in [-0.2, -0.15) is 0 Å². The lowest BCUT2D eigenvalue weighted by molar-refractivity contribution is 0.0526. The van der Waals surface area contributed by atoms with E-state index in [1.54, 1.807) is 19.2 Å². The van der Waals surface area contributed by atoms with Gasteiger partial charge in [0.25, 0.3) is 0 Å². The van der Waals surface area contributed by atoms with E-state index in [1.807, 2.05) is 6.07 Å². The topological polar surface area (TPSA) is 42.4 Å². The molecule has 4 nitrogen and oxygen atoms in total. The molecule has 1 fully saturated rings. The average molecular weight is 262 g/mol. The predicted octanol–water partition coefficient (Wildman–Crippen LogP) is 2.88. The van der Waals surface area contributed by atoms with Gasteiger partial charge < -0.3 is 9.64 Å². The van der Waals surface area contributed by atoms with Crippen molar-refractivity contribution in [3.8, 4) is 0 Å². The van der Waals surface area contributed by atoms with E-state index in [-0.39, 0.29) is 5.97 Å². The zero-order valence-corrected chi connectivity index (χ0v) is 11.8. The first-order valence-corrected chi connectivity index (χ1v) is 7.12. The molecule has 2 rings (SSSR count). The van der Waals surface area contributed by atoms with Crippen LogP contribution in [0.3, 0.4) is 0 Å². The summed E-state index contributed by atoms with van der Waals surface area (Å²) < 4.78 is 4.95. The summed E-state index contributed by atoms with van der Waals surface area (Å²) in [7, 11) is 0. The summed E-state index contributed by atoms with van der Waals surface area (Å²) in [5.74, 6) is 1.46. The van der Waals surface area contributed by atoms with E-state index < -0.39 is 0 Å². The first kappa shape index (κ1) is 13.8. The smallest absolute Gasteiger partial charge is 0.339 e. The van der Waals surface area contributed by atoms with Gasteiger partial charge in [0.1, 0.15) is 5.82 Å². The fraction of sp³-hybridized carbons (Fsp3) is 0.600. The van der Waals surface area contributed by atoms with Crippen LogP contribution in [-0.4, -0.2) is 30.6 Å². The summed E-state index contributed by atoms with van der Waals surface area (Å²) in [4.78, 5) is 18.2. The summed E-state index contributed by atoms with van der Waals surface area (Å²) in [6.45, 7) is 6.35. The molecule has 104 valence electrons. The highest BCUT2D eigenvalue weighted by atomic mass is 16.5. The standard InChI is InChI=1S/C15H22N2O2/c1-3-17(11-12-6-5-7-12)14-9-8-13(10-16-14)15(18)19-4-2/h8-10,12H,3-7,11H2,1-2H3. The van der Waals surface area contributed by atoms with Crippen LogP contribution in [0.2, 0.25) is 0 Å². The minimum absolute atomic E-state index is 0.302. The first-order valence-electron chi connectivity index (χ1n) is 7.12. The Labute approximate surface area is 114 Å². The van der Waals surface area contributed by atoms with Crippen molar-refractivity contribution >= 4 is 11.8 Å². The van der Waals surface area contributed by atoms with Crippen LogP contribution in [0.5, 0.6) is 0 Å². The molecular weight excluding hydrogens is 240 g/mol. The predicted molar refractivity (Wildman–Crippen MR) is 75.4 cm³/mol. The number of carbonyl (C=O) groups excluding carboxylic acids is 1. The normalized spacial score (nSPS) is 14.8. The molecule has 0 unspecified atom stereocenters. The van der Waals surface area contributed by atoms with E-state index >= 15 is 0 Å². The third kappa shape index (κ3) is 3.46. The van der Waals surface area contributed by atoms with Gasteiger partial charge in [0.15, 0.2) is 0 Å². The van der Waals surface area contributed by atoms with E-state index in [1.165, 1.54) is 19.3 Å². The Balaban J connectivity index is 2.00. The Hall–Kier alpha value is -1.58. The number of pyridine rings is 1. The maximum absolute atomic E-state index is 11.6. The highest BCUT2D eigenvalue weighted by Gasteiger charge is 2.20. The molecule has 0 bridgehead atoms. The molecule has 1 saturated carbocycles. The Morgan fingerprint density at radius 3 is 2.68 bits per heavy atom. The molecule has 0 radical (unpaired) electrons. The van der Waals surface area contributed by atoms with Crippen molar-refractivity contribution in [1.82, 2.24) is 4.98 Å². The number of nitrogens with zero attached hydrogens (tertiary/aromatic N) is 2. The molecule has 1 heterocycles. The van der Waals surface area contributed by atoms with Crippen molar-refractivity contribution in [3.05, 3.63) is 23.9 Å². The van der Waals surface area contributed by atoms with Gasteiger partial charge in [-0.3, -0.25) is 0 Å². The first-order chi connectivity index (χ1) is 9.24. The van der Waals surface area contributed by atoms with E-state index in [0.29, 0.717) is 12.2 Å². The molecular formula is C15H22N2O2. The van der Waals surface area contributed by atoms with Crippen molar-refractivity contribution in [3.63, 3.8) is 0 Å². The molecule has 0 aromatic carbocycles. The average Bonchev–Trinajstić information content (AvgIpc) is 2.38. The van der Waals surface area contributed by atoms with Gasteiger partial charge in [-0.25, -0.2) is 9.78 Å². The number of aromatic nitrogens is 1. The lowest BCUT2D eigenvalue weighted by Crippen LogP contribution is -2.33. The molecule has 1 aliphatic rings. The van der Waals surface area contributed by atoms with Gasteiger partial charge in [-0.1, -0.05) is 6.42 Å². The second-order valence-corrected chi connectivity index (χ2v) is 4.96. The van der Waals surface area contributed by atoms with E-state index in [0.717, 1.165) is 24.8 Å². The monoisotopic (exact) mass is 262 g/mol. The maximum Gasteiger partial charge on any atom is 0.339 e. The number of hydrogen-bond acceptors (Lipinski definition) is 4. The fourth-order valence-corrected chi connectivity index (χ4v) is 2.28. The summed E-state index contributed by atoms with van der Waals surface area (Å²) >= 11 is 0. The highest BCUT2D eigenvalue weighted by molar-refractivity contribution is 5.89. The van der Waals surface area contributed by atoms with Crippen LogP contribution in [-0.2, 0) is 4.74 Å². The van der Waals surface area contributed by atoms with Crippen molar-refractivity contribution in [2.45, 2.75) is 33.1 Å². The molecule has 1 aromatic heterocycles. The molecule has 19 heavy (non-hydrogen) atoms. The number of carbonyl (C=O) groups is 1. The maximum atomic E-state index is 11.6. The number of anilines is 1. The van der Waals surface area contributed by atoms with E-state index in [2.05, 4.69) is 16.8 Å². The van der Waals surface area contributed by atoms with E-state index in [9.17, 15) is 4.79 Å². The second-order valence-electron chi connectivity index (χ2n) is 4.96. The SMILES string of the molecule is CCOC(=O)c1ccc(N(CC)CC2CCC2)nc1. The summed E-state index contributed by atoms with van der Waals surface area (Å²) in [5, 5.41) is 0. The van der Waals surface area contributed by atoms with Crippen LogP contribution < -0.4 is 4.90 Å². The largest absolute Gasteiger partial charge is 0.462 e. The second kappa shape index (κ2) is 6.55. The van der Waals surface area contributed by atoms with Crippen LogP contribution >= 0.6 is 0 Å². The van der Waals surface area contributed by atoms with E-state index in [4.69, 9.17) is 4.74 Å². The minimum Gasteiger partial charge on any atom is -0.462 e. The van der Waals surface area contributed by atoms with Crippen LogP contribution in [0.1, 0.15) is 43.5 Å². The van der Waals surface area contributed by atoms with Gasteiger partial charge in [-0.15, -0.1) is 0 Å². The minimum atomic E-state index is -0.302. The summed E-state index contributed by atoms with van der Waals surface area (Å²) in [5.41, 5.74) is 0.519. The van der Waals surface area contributed by atoms with Crippen LogP contribution in [0.15, 0.2) is 18.3 Å². The molecule has 1 aliphatic carbocycles.